The zero-order chi connectivity index (χ0) is 31.8. The molecule has 0 saturated carbocycles. The molecule has 3 heteroatoms. The average molecular weight is 604 g/mol. The Balaban J connectivity index is 1.36. The van der Waals surface area contributed by atoms with E-state index in [1.807, 2.05) is 36.4 Å². The summed E-state index contributed by atoms with van der Waals surface area (Å²) in [5, 5.41) is 0. The number of nitrogens with zero attached hydrogens (tertiary/aromatic N) is 3. The number of fused-ring (bicyclic) bond motifs is 10. The second kappa shape index (κ2) is 10.2. The van der Waals surface area contributed by atoms with Crippen molar-refractivity contribution in [3.63, 3.8) is 0 Å². The van der Waals surface area contributed by atoms with E-state index in [2.05, 4.69) is 130 Å². The number of rotatable bonds is 3. The lowest BCUT2D eigenvalue weighted by Gasteiger charge is -2.31. The van der Waals surface area contributed by atoms with Gasteiger partial charge in [0.25, 0.3) is 0 Å². The normalized spacial score (nSPS) is 13.6. The van der Waals surface area contributed by atoms with Crippen LogP contribution in [0.2, 0.25) is 0 Å². The number of aromatic nitrogens is 3. The first-order chi connectivity index (χ1) is 22.9. The van der Waals surface area contributed by atoms with Crippen LogP contribution < -0.4 is 0 Å². The lowest BCUT2D eigenvalue weighted by Crippen LogP contribution is -2.26. The minimum absolute atomic E-state index is 0.0339. The molecule has 224 valence electrons. The Morgan fingerprint density at radius 1 is 0.404 bits per heavy atom. The zero-order valence-corrected chi connectivity index (χ0v) is 26.7. The van der Waals surface area contributed by atoms with Gasteiger partial charge in [0, 0.05) is 16.7 Å². The van der Waals surface area contributed by atoms with E-state index in [0.717, 1.165) is 16.7 Å². The maximum Gasteiger partial charge on any atom is 0.164 e. The highest BCUT2D eigenvalue weighted by atomic mass is 15.0. The molecule has 9 rings (SSSR count). The van der Waals surface area contributed by atoms with Crippen LogP contribution >= 0.6 is 0 Å². The molecule has 0 fully saturated rings. The average Bonchev–Trinajstić information content (AvgIpc) is 3.59. The molecule has 47 heavy (non-hydrogen) atoms. The molecular formula is C44H33N3. The Morgan fingerprint density at radius 3 is 1.45 bits per heavy atom. The molecule has 0 N–H and O–H groups in total. The summed E-state index contributed by atoms with van der Waals surface area (Å²) in [6, 6.07) is 52.1. The third-order valence-electron chi connectivity index (χ3n) is 9.88. The van der Waals surface area contributed by atoms with Gasteiger partial charge in [0.2, 0.25) is 0 Å². The van der Waals surface area contributed by atoms with Gasteiger partial charge in [-0.1, -0.05) is 160 Å². The van der Waals surface area contributed by atoms with Crippen LogP contribution in [0.3, 0.4) is 0 Å². The molecule has 0 bridgehead atoms. The van der Waals surface area contributed by atoms with Crippen LogP contribution in [0.25, 0.3) is 56.4 Å². The Bertz CT molecular complexity index is 2230. The van der Waals surface area contributed by atoms with Crippen molar-refractivity contribution in [3.05, 3.63) is 173 Å². The van der Waals surface area contributed by atoms with Crippen LogP contribution in [0.5, 0.6) is 0 Å². The molecule has 0 saturated heterocycles. The first-order valence-corrected chi connectivity index (χ1v) is 16.3. The summed E-state index contributed by atoms with van der Waals surface area (Å²) in [7, 11) is 0. The van der Waals surface area contributed by atoms with Gasteiger partial charge in [-0.25, -0.2) is 15.0 Å². The van der Waals surface area contributed by atoms with E-state index in [-0.39, 0.29) is 5.41 Å². The van der Waals surface area contributed by atoms with Crippen molar-refractivity contribution in [2.45, 2.75) is 31.6 Å². The molecule has 0 atom stereocenters. The second-order valence-electron chi connectivity index (χ2n) is 13.6. The second-order valence-corrected chi connectivity index (χ2v) is 13.6. The van der Waals surface area contributed by atoms with Crippen molar-refractivity contribution in [3.8, 4) is 56.4 Å². The summed E-state index contributed by atoms with van der Waals surface area (Å²) in [5.41, 5.74) is 14.3. The predicted molar refractivity (Wildman–Crippen MR) is 191 cm³/mol. The van der Waals surface area contributed by atoms with E-state index >= 15 is 0 Å². The topological polar surface area (TPSA) is 38.7 Å². The van der Waals surface area contributed by atoms with E-state index in [0.29, 0.717) is 17.5 Å². The van der Waals surface area contributed by atoms with Crippen molar-refractivity contribution in [2.75, 3.05) is 0 Å². The number of hydrogen-bond donors (Lipinski definition) is 0. The first-order valence-electron chi connectivity index (χ1n) is 16.3. The molecule has 6 aromatic carbocycles. The lowest BCUT2D eigenvalue weighted by atomic mass is 9.70. The van der Waals surface area contributed by atoms with E-state index in [1.54, 1.807) is 0 Å². The van der Waals surface area contributed by atoms with Crippen molar-refractivity contribution in [2.24, 2.45) is 0 Å². The van der Waals surface area contributed by atoms with Gasteiger partial charge in [-0.3, -0.25) is 0 Å². The summed E-state index contributed by atoms with van der Waals surface area (Å²) in [6.45, 7) is 6.96. The summed E-state index contributed by atoms with van der Waals surface area (Å²) >= 11 is 0. The maximum absolute atomic E-state index is 5.11. The molecule has 0 amide bonds. The molecule has 1 aromatic heterocycles. The van der Waals surface area contributed by atoms with Crippen LogP contribution in [-0.2, 0) is 10.8 Å². The molecule has 2 aliphatic carbocycles. The molecule has 7 aromatic rings. The van der Waals surface area contributed by atoms with Crippen LogP contribution in [-0.4, -0.2) is 15.0 Å². The SMILES string of the molecule is CC(C)(C)c1cccc2c1-c1ccc(-c3nc(-c4ccccc4)nc(-c4ccccc4)n3)cc1C21c2ccccc2-c2ccccc21. The van der Waals surface area contributed by atoms with Gasteiger partial charge >= 0.3 is 0 Å². The molecule has 1 spiro atoms. The fraction of sp³-hybridized carbons (Fsp3) is 0.114. The largest absolute Gasteiger partial charge is 0.208 e. The zero-order valence-electron chi connectivity index (χ0n) is 26.7. The smallest absolute Gasteiger partial charge is 0.164 e. The Morgan fingerprint density at radius 2 is 0.894 bits per heavy atom. The summed E-state index contributed by atoms with van der Waals surface area (Å²) < 4.78 is 0. The van der Waals surface area contributed by atoms with Crippen LogP contribution in [0.1, 0.15) is 48.6 Å². The molecule has 0 aliphatic heterocycles. The highest BCUT2D eigenvalue weighted by Gasteiger charge is 2.52. The van der Waals surface area contributed by atoms with E-state index in [1.165, 1.54) is 50.1 Å². The van der Waals surface area contributed by atoms with E-state index in [4.69, 9.17) is 15.0 Å². The molecule has 0 radical (unpaired) electrons. The third-order valence-corrected chi connectivity index (χ3v) is 9.88. The van der Waals surface area contributed by atoms with Gasteiger partial charge in [-0.2, -0.15) is 0 Å². The van der Waals surface area contributed by atoms with Crippen LogP contribution in [0, 0.1) is 0 Å². The Kier molecular flexibility index (Phi) is 5.98. The quantitative estimate of drug-likeness (QED) is 0.202. The van der Waals surface area contributed by atoms with Gasteiger partial charge in [0.15, 0.2) is 17.5 Å². The van der Waals surface area contributed by atoms with Gasteiger partial charge in [0.1, 0.15) is 0 Å². The Hall–Kier alpha value is -5.67. The van der Waals surface area contributed by atoms with Crippen molar-refractivity contribution in [1.29, 1.82) is 0 Å². The molecule has 0 unspecified atom stereocenters. The minimum Gasteiger partial charge on any atom is -0.208 e. The molecular weight excluding hydrogens is 571 g/mol. The fourth-order valence-electron chi connectivity index (χ4n) is 7.89. The minimum atomic E-state index is -0.452. The first kappa shape index (κ1) is 27.6. The lowest BCUT2D eigenvalue weighted by molar-refractivity contribution is 0.591. The van der Waals surface area contributed by atoms with E-state index in [9.17, 15) is 0 Å². The summed E-state index contributed by atoms with van der Waals surface area (Å²) in [6.07, 6.45) is 0. The van der Waals surface area contributed by atoms with Gasteiger partial charge in [-0.05, 0) is 61.6 Å². The number of hydrogen-bond acceptors (Lipinski definition) is 3. The maximum atomic E-state index is 5.11. The van der Waals surface area contributed by atoms with Gasteiger partial charge in [0.05, 0.1) is 5.41 Å². The summed E-state index contributed by atoms with van der Waals surface area (Å²) in [5.74, 6) is 2.00. The van der Waals surface area contributed by atoms with Crippen molar-refractivity contribution in [1.82, 2.24) is 15.0 Å². The van der Waals surface area contributed by atoms with Crippen LogP contribution in [0.15, 0.2) is 146 Å². The monoisotopic (exact) mass is 603 g/mol. The summed E-state index contributed by atoms with van der Waals surface area (Å²) in [4.78, 5) is 15.2. The number of benzene rings is 6. The Labute approximate surface area is 275 Å². The molecule has 2 aliphatic rings. The van der Waals surface area contributed by atoms with Gasteiger partial charge in [-0.15, -0.1) is 0 Å². The van der Waals surface area contributed by atoms with Gasteiger partial charge < -0.3 is 0 Å². The standard InChI is InChI=1S/C44H33N3/c1-43(2,3)36-23-14-24-37-39(36)33-26-25-30(27-38(33)44(37)34-21-12-10-19-31(34)32-20-11-13-22-35(32)44)42-46-40(28-15-6-4-7-16-28)45-41(47-42)29-17-8-5-9-18-29/h4-27H,1-3H3. The third kappa shape index (κ3) is 4.03. The fourth-order valence-corrected chi connectivity index (χ4v) is 7.89. The molecule has 3 nitrogen and oxygen atoms in total. The van der Waals surface area contributed by atoms with Crippen molar-refractivity contribution >= 4 is 0 Å². The predicted octanol–water partition coefficient (Wildman–Crippen LogP) is 10.5. The highest BCUT2D eigenvalue weighted by Crippen LogP contribution is 2.64. The molecule has 1 heterocycles. The van der Waals surface area contributed by atoms with E-state index < -0.39 is 5.41 Å². The van der Waals surface area contributed by atoms with Crippen LogP contribution in [0.4, 0.5) is 0 Å². The van der Waals surface area contributed by atoms with Crippen molar-refractivity contribution < 1.29 is 0 Å². The highest BCUT2D eigenvalue weighted by molar-refractivity contribution is 5.97.